The second-order valence-electron chi connectivity index (χ2n) is 4.71. The highest BCUT2D eigenvalue weighted by Gasteiger charge is 2.76. The number of carbonyl (C=O) groups is 1. The molecule has 1 aromatic carbocycles. The van der Waals surface area contributed by atoms with Crippen LogP contribution in [0.1, 0.15) is 12.5 Å². The Morgan fingerprint density at radius 1 is 1.05 bits per heavy atom. The van der Waals surface area contributed by atoms with Gasteiger partial charge < -0.3 is 5.32 Å². The third-order valence-electron chi connectivity index (χ3n) is 2.80. The average molecular weight is 331 g/mol. The Labute approximate surface area is 121 Å². The number of amides is 1. The molecule has 0 aromatic heterocycles. The summed E-state index contributed by atoms with van der Waals surface area (Å²) >= 11 is 0. The van der Waals surface area contributed by atoms with Crippen molar-refractivity contribution in [2.45, 2.75) is 37.4 Å². The van der Waals surface area contributed by atoms with Gasteiger partial charge in [0.25, 0.3) is 5.91 Å². The largest absolute Gasteiger partial charge is 0.460 e. The molecule has 0 bridgehead atoms. The lowest BCUT2D eigenvalue weighted by Gasteiger charge is -2.28. The van der Waals surface area contributed by atoms with Crippen molar-refractivity contribution >= 4 is 5.91 Å². The number of rotatable bonds is 5. The van der Waals surface area contributed by atoms with E-state index in [4.69, 9.17) is 0 Å². The van der Waals surface area contributed by atoms with E-state index in [0.29, 0.717) is 5.56 Å². The van der Waals surface area contributed by atoms with Gasteiger partial charge in [-0.25, -0.2) is 0 Å². The first kappa shape index (κ1) is 18.2. The normalized spacial score (nSPS) is 14.5. The van der Waals surface area contributed by atoms with Gasteiger partial charge >= 0.3 is 18.0 Å². The summed E-state index contributed by atoms with van der Waals surface area (Å²) in [5.41, 5.74) is 0.598. The zero-order valence-electron chi connectivity index (χ0n) is 11.2. The molecule has 1 amide bonds. The lowest BCUT2D eigenvalue weighted by atomic mass is 10.1. The third kappa shape index (κ3) is 3.69. The molecule has 1 atom stereocenters. The van der Waals surface area contributed by atoms with Crippen LogP contribution in [0.3, 0.4) is 0 Å². The van der Waals surface area contributed by atoms with Crippen LogP contribution in [0.4, 0.5) is 30.7 Å². The van der Waals surface area contributed by atoms with Gasteiger partial charge in [0.1, 0.15) is 0 Å². The molecule has 0 aliphatic carbocycles. The monoisotopic (exact) mass is 331 g/mol. The molecule has 0 aliphatic rings. The van der Waals surface area contributed by atoms with E-state index in [1.165, 1.54) is 12.2 Å². The van der Waals surface area contributed by atoms with Gasteiger partial charge in [-0.2, -0.15) is 30.7 Å². The first-order valence-corrected chi connectivity index (χ1v) is 6.07. The van der Waals surface area contributed by atoms with E-state index in [2.05, 4.69) is 0 Å². The zero-order chi connectivity index (χ0) is 17.2. The fourth-order valence-electron chi connectivity index (χ4n) is 1.65. The summed E-state index contributed by atoms with van der Waals surface area (Å²) in [5, 5.41) is 1.48. The van der Waals surface area contributed by atoms with Gasteiger partial charge in [-0.3, -0.25) is 4.79 Å². The fraction of sp³-hybridized carbons (Fsp3) is 0.462. The predicted molar refractivity (Wildman–Crippen MR) is 63.7 cm³/mol. The van der Waals surface area contributed by atoms with Crippen LogP contribution in [0.25, 0.3) is 0 Å². The van der Waals surface area contributed by atoms with Crippen LogP contribution in [0, 0.1) is 0 Å². The van der Waals surface area contributed by atoms with E-state index in [-0.39, 0.29) is 6.42 Å². The van der Waals surface area contributed by atoms with E-state index in [9.17, 15) is 35.5 Å². The number of hydrogen-bond acceptors (Lipinski definition) is 1. The third-order valence-corrected chi connectivity index (χ3v) is 2.80. The summed E-state index contributed by atoms with van der Waals surface area (Å²) in [7, 11) is 0. The summed E-state index contributed by atoms with van der Waals surface area (Å²) < 4.78 is 87.5. The maximum Gasteiger partial charge on any atom is 0.460 e. The Bertz CT molecular complexity index is 513. The Kier molecular flexibility index (Phi) is 5.09. The average Bonchev–Trinajstić information content (AvgIpc) is 2.37. The molecule has 1 unspecified atom stereocenters. The van der Waals surface area contributed by atoms with Gasteiger partial charge in [0.05, 0.1) is 0 Å². The van der Waals surface area contributed by atoms with Gasteiger partial charge in [0.15, 0.2) is 0 Å². The van der Waals surface area contributed by atoms with Crippen LogP contribution in [0.5, 0.6) is 0 Å². The van der Waals surface area contributed by atoms with Crippen LogP contribution in [0.15, 0.2) is 30.3 Å². The van der Waals surface area contributed by atoms with Crippen molar-refractivity contribution in [3.05, 3.63) is 35.9 Å². The number of halogens is 7. The SMILES string of the molecule is CC(Cc1ccccc1)NC(=O)C(F)(F)C(F)(F)C(F)(F)F. The molecule has 0 spiro atoms. The van der Waals surface area contributed by atoms with Crippen LogP contribution in [-0.2, 0) is 11.2 Å². The minimum absolute atomic E-state index is 0.000247. The lowest BCUT2D eigenvalue weighted by Crippen LogP contribution is -2.60. The van der Waals surface area contributed by atoms with Crippen molar-refractivity contribution in [1.82, 2.24) is 5.32 Å². The van der Waals surface area contributed by atoms with Gasteiger partial charge in [0.2, 0.25) is 0 Å². The molecule has 0 saturated carbocycles. The van der Waals surface area contributed by atoms with Crippen molar-refractivity contribution in [1.29, 1.82) is 0 Å². The van der Waals surface area contributed by atoms with Crippen molar-refractivity contribution in [2.75, 3.05) is 0 Å². The molecular weight excluding hydrogens is 319 g/mol. The molecule has 0 aliphatic heterocycles. The predicted octanol–water partition coefficient (Wildman–Crippen LogP) is 3.57. The zero-order valence-corrected chi connectivity index (χ0v) is 11.2. The van der Waals surface area contributed by atoms with E-state index in [1.807, 2.05) is 0 Å². The highest BCUT2D eigenvalue weighted by molar-refractivity contribution is 5.85. The smallest absolute Gasteiger partial charge is 0.348 e. The Morgan fingerprint density at radius 3 is 2.00 bits per heavy atom. The van der Waals surface area contributed by atoms with Gasteiger partial charge in [-0.15, -0.1) is 0 Å². The van der Waals surface area contributed by atoms with Gasteiger partial charge in [-0.1, -0.05) is 30.3 Å². The molecule has 22 heavy (non-hydrogen) atoms. The van der Waals surface area contributed by atoms with Crippen molar-refractivity contribution in [3.63, 3.8) is 0 Å². The van der Waals surface area contributed by atoms with Gasteiger partial charge in [-0.05, 0) is 18.9 Å². The molecule has 1 aromatic rings. The maximum absolute atomic E-state index is 13.1. The summed E-state index contributed by atoms with van der Waals surface area (Å²) in [6, 6.07) is 7.04. The number of nitrogens with one attached hydrogen (secondary N) is 1. The molecule has 0 heterocycles. The minimum Gasteiger partial charge on any atom is -0.348 e. The summed E-state index contributed by atoms with van der Waals surface area (Å²) in [6.45, 7) is 1.21. The molecule has 1 rings (SSSR count). The second-order valence-corrected chi connectivity index (χ2v) is 4.71. The van der Waals surface area contributed by atoms with Crippen LogP contribution in [-0.4, -0.2) is 30.0 Å². The number of hydrogen-bond donors (Lipinski definition) is 1. The first-order valence-electron chi connectivity index (χ1n) is 6.07. The van der Waals surface area contributed by atoms with Crippen LogP contribution >= 0.6 is 0 Å². The maximum atomic E-state index is 13.1. The van der Waals surface area contributed by atoms with Gasteiger partial charge in [0, 0.05) is 6.04 Å². The molecule has 9 heteroatoms. The van der Waals surface area contributed by atoms with E-state index >= 15 is 0 Å². The van der Waals surface area contributed by atoms with Crippen molar-refractivity contribution < 1.29 is 35.5 Å². The number of carbonyl (C=O) groups excluding carboxylic acids is 1. The second kappa shape index (κ2) is 6.13. The topological polar surface area (TPSA) is 29.1 Å². The van der Waals surface area contributed by atoms with Crippen LogP contribution < -0.4 is 5.32 Å². The van der Waals surface area contributed by atoms with Crippen molar-refractivity contribution in [3.8, 4) is 0 Å². The van der Waals surface area contributed by atoms with Crippen molar-refractivity contribution in [2.24, 2.45) is 0 Å². The molecule has 0 saturated heterocycles. The highest BCUT2D eigenvalue weighted by atomic mass is 19.4. The molecule has 0 radical (unpaired) electrons. The summed E-state index contributed by atoms with van der Waals surface area (Å²) in [6.07, 6.45) is -6.53. The van der Waals surface area contributed by atoms with E-state index < -0.39 is 30.0 Å². The summed E-state index contributed by atoms with van der Waals surface area (Å²) in [4.78, 5) is 11.1. The molecule has 1 N–H and O–H groups in total. The Morgan fingerprint density at radius 2 is 1.55 bits per heavy atom. The standard InChI is InChI=1S/C13H12F7NO/c1-8(7-9-5-3-2-4-6-9)21-10(22)11(14,15)12(16,17)13(18,19)20/h2-6,8H,7H2,1H3,(H,21,22). The first-order chi connectivity index (χ1) is 9.89. The molecule has 0 fully saturated rings. The minimum atomic E-state index is -6.53. The molecule has 124 valence electrons. The highest BCUT2D eigenvalue weighted by Crippen LogP contribution is 2.46. The van der Waals surface area contributed by atoms with Crippen LogP contribution in [0.2, 0.25) is 0 Å². The van der Waals surface area contributed by atoms with E-state index in [1.54, 1.807) is 30.3 Å². The fourth-order valence-corrected chi connectivity index (χ4v) is 1.65. The number of alkyl halides is 7. The number of benzene rings is 1. The Hall–Kier alpha value is -1.80. The Balaban J connectivity index is 2.79. The molecule has 2 nitrogen and oxygen atoms in total. The lowest BCUT2D eigenvalue weighted by molar-refractivity contribution is -0.344. The molecular formula is C13H12F7NO. The summed E-state index contributed by atoms with van der Waals surface area (Å²) in [5.74, 6) is -15.0. The van der Waals surface area contributed by atoms with E-state index in [0.717, 1.165) is 0 Å². The quantitative estimate of drug-likeness (QED) is 0.821.